The third-order valence-electron chi connectivity index (χ3n) is 3.43. The van der Waals surface area contributed by atoms with Crippen LogP contribution in [0.25, 0.3) is 5.57 Å². The molecule has 0 spiro atoms. The molecule has 0 fully saturated rings. The van der Waals surface area contributed by atoms with Gasteiger partial charge in [0.15, 0.2) is 0 Å². The van der Waals surface area contributed by atoms with Crippen LogP contribution < -0.4 is 0 Å². The van der Waals surface area contributed by atoms with Crippen LogP contribution in [0.5, 0.6) is 0 Å². The number of aromatic nitrogens is 1. The first-order valence-electron chi connectivity index (χ1n) is 6.91. The predicted octanol–water partition coefficient (Wildman–Crippen LogP) is 3.71. The highest BCUT2D eigenvalue weighted by Crippen LogP contribution is 2.25. The lowest BCUT2D eigenvalue weighted by Crippen LogP contribution is -2.42. The lowest BCUT2D eigenvalue weighted by atomic mass is 9.93. The molecule has 0 N–H and O–H groups in total. The molecule has 1 aliphatic rings. The quantitative estimate of drug-likeness (QED) is 0.790. The van der Waals surface area contributed by atoms with Crippen molar-refractivity contribution in [1.29, 1.82) is 0 Å². The van der Waals surface area contributed by atoms with E-state index in [4.69, 9.17) is 11.6 Å². The zero-order valence-electron chi connectivity index (χ0n) is 12.5. The van der Waals surface area contributed by atoms with E-state index in [0.717, 1.165) is 29.9 Å². The van der Waals surface area contributed by atoms with Gasteiger partial charge in [-0.3, -0.25) is 9.78 Å². The molecule has 0 aliphatic carbocycles. The van der Waals surface area contributed by atoms with Gasteiger partial charge in [-0.1, -0.05) is 38.4 Å². The minimum absolute atomic E-state index is 0.189. The number of rotatable bonds is 1. The Morgan fingerprint density at radius 2 is 2.05 bits per heavy atom. The van der Waals surface area contributed by atoms with E-state index in [9.17, 15) is 4.79 Å². The zero-order chi connectivity index (χ0) is 14.9. The standard InChI is InChI=1S/C16H21ClN2O/c1-11-13(17)7-8-14(18-11)12-6-5-9-19(10-12)15(20)16(2,3)4/h6-8H,5,9-10H2,1-4H3. The van der Waals surface area contributed by atoms with Gasteiger partial charge in [0.2, 0.25) is 5.91 Å². The van der Waals surface area contributed by atoms with Crippen LogP contribution in [0.15, 0.2) is 18.2 Å². The van der Waals surface area contributed by atoms with Gasteiger partial charge in [-0.15, -0.1) is 0 Å². The Morgan fingerprint density at radius 3 is 2.65 bits per heavy atom. The van der Waals surface area contributed by atoms with Crippen molar-refractivity contribution in [3.8, 4) is 0 Å². The highest BCUT2D eigenvalue weighted by molar-refractivity contribution is 6.31. The van der Waals surface area contributed by atoms with Gasteiger partial charge in [-0.2, -0.15) is 0 Å². The third-order valence-corrected chi connectivity index (χ3v) is 3.83. The number of nitrogens with zero attached hydrogens (tertiary/aromatic N) is 2. The Labute approximate surface area is 125 Å². The number of pyridine rings is 1. The van der Waals surface area contributed by atoms with Gasteiger partial charge in [0.25, 0.3) is 0 Å². The molecule has 2 heterocycles. The van der Waals surface area contributed by atoms with E-state index >= 15 is 0 Å². The molecule has 108 valence electrons. The van der Waals surface area contributed by atoms with Crippen molar-refractivity contribution >= 4 is 23.1 Å². The summed E-state index contributed by atoms with van der Waals surface area (Å²) in [6, 6.07) is 3.79. The largest absolute Gasteiger partial charge is 0.338 e. The van der Waals surface area contributed by atoms with Gasteiger partial charge in [-0.05, 0) is 31.1 Å². The van der Waals surface area contributed by atoms with Gasteiger partial charge in [0, 0.05) is 18.5 Å². The summed E-state index contributed by atoms with van der Waals surface area (Å²) in [5, 5.41) is 0.674. The average molecular weight is 293 g/mol. The molecule has 1 aromatic rings. The van der Waals surface area contributed by atoms with Crippen molar-refractivity contribution in [3.05, 3.63) is 34.6 Å². The van der Waals surface area contributed by atoms with Gasteiger partial charge in [0.1, 0.15) is 0 Å². The minimum atomic E-state index is -0.341. The highest BCUT2D eigenvalue weighted by atomic mass is 35.5. The molecule has 0 atom stereocenters. The van der Waals surface area contributed by atoms with Gasteiger partial charge < -0.3 is 4.90 Å². The molecule has 0 saturated carbocycles. The number of aryl methyl sites for hydroxylation is 1. The van der Waals surface area contributed by atoms with E-state index in [1.807, 2.05) is 44.7 Å². The summed E-state index contributed by atoms with van der Waals surface area (Å²) in [6.07, 6.45) is 3.04. The maximum absolute atomic E-state index is 12.4. The minimum Gasteiger partial charge on any atom is -0.338 e. The van der Waals surface area contributed by atoms with E-state index in [2.05, 4.69) is 11.1 Å². The van der Waals surface area contributed by atoms with Gasteiger partial charge in [0.05, 0.1) is 16.4 Å². The predicted molar refractivity (Wildman–Crippen MR) is 82.6 cm³/mol. The van der Waals surface area contributed by atoms with Crippen LogP contribution >= 0.6 is 11.6 Å². The number of carbonyl (C=O) groups excluding carboxylic acids is 1. The molecule has 1 aromatic heterocycles. The lowest BCUT2D eigenvalue weighted by Gasteiger charge is -2.32. The molecule has 0 aromatic carbocycles. The topological polar surface area (TPSA) is 33.2 Å². The Morgan fingerprint density at radius 1 is 1.35 bits per heavy atom. The fourth-order valence-corrected chi connectivity index (χ4v) is 2.41. The Bertz CT molecular complexity index is 558. The van der Waals surface area contributed by atoms with Crippen LogP contribution in [0.4, 0.5) is 0 Å². The number of hydrogen-bond acceptors (Lipinski definition) is 2. The van der Waals surface area contributed by atoms with Crippen LogP contribution in [0.3, 0.4) is 0 Å². The molecule has 0 bridgehead atoms. The second-order valence-corrected chi connectivity index (χ2v) is 6.67. The smallest absolute Gasteiger partial charge is 0.228 e. The van der Waals surface area contributed by atoms with Crippen LogP contribution in [-0.2, 0) is 4.79 Å². The van der Waals surface area contributed by atoms with Crippen molar-refractivity contribution in [2.45, 2.75) is 34.1 Å². The molecule has 3 nitrogen and oxygen atoms in total. The Balaban J connectivity index is 2.20. The molecule has 0 radical (unpaired) electrons. The Kier molecular flexibility index (Phi) is 4.19. The zero-order valence-corrected chi connectivity index (χ0v) is 13.3. The van der Waals surface area contributed by atoms with Crippen molar-refractivity contribution in [3.63, 3.8) is 0 Å². The van der Waals surface area contributed by atoms with Crippen LogP contribution in [0.2, 0.25) is 5.02 Å². The maximum atomic E-state index is 12.4. The second kappa shape index (κ2) is 5.57. The number of hydrogen-bond donors (Lipinski definition) is 0. The normalized spacial score (nSPS) is 16.1. The SMILES string of the molecule is Cc1nc(C2=CCCN(C(=O)C(C)(C)C)C2)ccc1Cl. The molecule has 0 unspecified atom stereocenters. The van der Waals surface area contributed by atoms with E-state index in [1.165, 1.54) is 0 Å². The first-order chi connectivity index (χ1) is 9.29. The molecular formula is C16H21ClN2O. The van der Waals surface area contributed by atoms with E-state index in [-0.39, 0.29) is 11.3 Å². The monoisotopic (exact) mass is 292 g/mol. The van der Waals surface area contributed by atoms with Crippen LogP contribution in [0.1, 0.15) is 38.6 Å². The van der Waals surface area contributed by atoms with Gasteiger partial charge in [-0.25, -0.2) is 0 Å². The van der Waals surface area contributed by atoms with E-state index in [0.29, 0.717) is 11.6 Å². The van der Waals surface area contributed by atoms with Gasteiger partial charge >= 0.3 is 0 Å². The molecule has 0 saturated heterocycles. The molecule has 1 aliphatic heterocycles. The average Bonchev–Trinajstić information content (AvgIpc) is 2.40. The van der Waals surface area contributed by atoms with E-state index < -0.39 is 0 Å². The summed E-state index contributed by atoms with van der Waals surface area (Å²) in [7, 11) is 0. The number of halogens is 1. The molecular weight excluding hydrogens is 272 g/mol. The van der Waals surface area contributed by atoms with E-state index in [1.54, 1.807) is 0 Å². The molecule has 1 amide bonds. The third kappa shape index (κ3) is 3.21. The van der Waals surface area contributed by atoms with Crippen molar-refractivity contribution in [2.75, 3.05) is 13.1 Å². The Hall–Kier alpha value is -1.35. The number of amides is 1. The summed E-state index contributed by atoms with van der Waals surface area (Å²) in [4.78, 5) is 18.8. The summed E-state index contributed by atoms with van der Waals surface area (Å²) >= 11 is 6.01. The van der Waals surface area contributed by atoms with Crippen molar-refractivity contribution in [1.82, 2.24) is 9.88 Å². The fourth-order valence-electron chi connectivity index (χ4n) is 2.30. The fraction of sp³-hybridized carbons (Fsp3) is 0.500. The van der Waals surface area contributed by atoms with Crippen LogP contribution in [-0.4, -0.2) is 28.9 Å². The first-order valence-corrected chi connectivity index (χ1v) is 7.29. The first kappa shape index (κ1) is 15.0. The van der Waals surface area contributed by atoms with Crippen molar-refractivity contribution in [2.24, 2.45) is 5.41 Å². The highest BCUT2D eigenvalue weighted by Gasteiger charge is 2.29. The van der Waals surface area contributed by atoms with Crippen molar-refractivity contribution < 1.29 is 4.79 Å². The van der Waals surface area contributed by atoms with Crippen LogP contribution in [0, 0.1) is 12.3 Å². The maximum Gasteiger partial charge on any atom is 0.228 e. The summed E-state index contributed by atoms with van der Waals surface area (Å²) in [5.41, 5.74) is 2.50. The molecule has 4 heteroatoms. The molecule has 2 rings (SSSR count). The second-order valence-electron chi connectivity index (χ2n) is 6.26. The lowest BCUT2D eigenvalue weighted by molar-refractivity contribution is -0.138. The summed E-state index contributed by atoms with van der Waals surface area (Å²) in [6.45, 7) is 9.18. The summed E-state index contributed by atoms with van der Waals surface area (Å²) in [5.74, 6) is 0.189. The number of carbonyl (C=O) groups is 1. The summed E-state index contributed by atoms with van der Waals surface area (Å²) < 4.78 is 0. The molecule has 20 heavy (non-hydrogen) atoms.